The summed E-state index contributed by atoms with van der Waals surface area (Å²) in [5.74, 6) is 1.09. The van der Waals surface area contributed by atoms with Gasteiger partial charge < -0.3 is 24.2 Å². The first-order valence-electron chi connectivity index (χ1n) is 10.7. The average molecular weight is 432 g/mol. The number of hydrogen-bond acceptors (Lipinski definition) is 5. The van der Waals surface area contributed by atoms with Crippen LogP contribution >= 0.6 is 0 Å². The molecule has 1 amide bonds. The molecule has 4 aromatic rings. The molecular weight excluding hydrogens is 408 g/mol. The Kier molecular flexibility index (Phi) is 5.31. The summed E-state index contributed by atoms with van der Waals surface area (Å²) in [6.07, 6.45) is 5.28. The maximum atomic E-state index is 12.2. The molecule has 1 aliphatic carbocycles. The minimum absolute atomic E-state index is 0.109. The minimum atomic E-state index is -0.269. The quantitative estimate of drug-likeness (QED) is 0.436. The van der Waals surface area contributed by atoms with Crippen LogP contribution in [0.15, 0.2) is 51.8 Å². The monoisotopic (exact) mass is 432 g/mol. The Balaban J connectivity index is 1.18. The van der Waals surface area contributed by atoms with Gasteiger partial charge in [0, 0.05) is 40.7 Å². The van der Waals surface area contributed by atoms with Gasteiger partial charge in [0.1, 0.15) is 17.1 Å². The number of amides is 1. The van der Waals surface area contributed by atoms with E-state index in [1.165, 1.54) is 0 Å². The van der Waals surface area contributed by atoms with Crippen LogP contribution in [-0.2, 0) is 24.1 Å². The molecule has 0 spiro atoms. The van der Waals surface area contributed by atoms with Crippen molar-refractivity contribution >= 4 is 27.8 Å². The van der Waals surface area contributed by atoms with Gasteiger partial charge in [0.05, 0.1) is 7.11 Å². The SMILES string of the molecule is COc1ccc2[nH]cc(CCNC(=O)COc3ccc4c5c(c(=O)oc4c3)CCC5)c2c1. The zero-order chi connectivity index (χ0) is 22.1. The van der Waals surface area contributed by atoms with E-state index in [2.05, 4.69) is 10.3 Å². The second-order valence-corrected chi connectivity index (χ2v) is 7.97. The Morgan fingerprint density at radius 2 is 1.94 bits per heavy atom. The molecule has 0 bridgehead atoms. The molecule has 2 aromatic carbocycles. The largest absolute Gasteiger partial charge is 0.497 e. The first kappa shape index (κ1) is 20.2. The number of ether oxygens (including phenoxy) is 2. The number of carbonyl (C=O) groups is 1. The predicted octanol–water partition coefficient (Wildman–Crippen LogP) is 3.51. The highest BCUT2D eigenvalue weighted by Crippen LogP contribution is 2.29. The summed E-state index contributed by atoms with van der Waals surface area (Å²) in [7, 11) is 1.64. The maximum absolute atomic E-state index is 12.2. The standard InChI is InChI=1S/C25H24N2O5/c1-30-16-6-8-22-21(11-16)15(13-27-22)9-10-26-24(28)14-31-17-5-7-19-18-3-2-4-20(18)25(29)32-23(19)12-17/h5-8,11-13,27H,2-4,9-10,14H2,1H3,(H,26,28). The molecule has 0 atom stereocenters. The molecule has 0 saturated carbocycles. The first-order chi connectivity index (χ1) is 15.6. The number of aromatic amines is 1. The summed E-state index contributed by atoms with van der Waals surface area (Å²) in [6, 6.07) is 11.3. The molecule has 0 saturated heterocycles. The molecule has 0 fully saturated rings. The Labute approximate surface area is 184 Å². The van der Waals surface area contributed by atoms with Crippen LogP contribution in [0.1, 0.15) is 23.1 Å². The summed E-state index contributed by atoms with van der Waals surface area (Å²) in [5, 5.41) is 4.91. The van der Waals surface area contributed by atoms with Gasteiger partial charge in [0.25, 0.3) is 5.91 Å². The molecule has 2 heterocycles. The van der Waals surface area contributed by atoms with Crippen LogP contribution in [0.25, 0.3) is 21.9 Å². The average Bonchev–Trinajstić information content (AvgIpc) is 3.45. The molecule has 0 unspecified atom stereocenters. The number of nitrogens with one attached hydrogen (secondary N) is 2. The predicted molar refractivity (Wildman–Crippen MR) is 122 cm³/mol. The number of methoxy groups -OCH3 is 1. The van der Waals surface area contributed by atoms with E-state index >= 15 is 0 Å². The molecule has 164 valence electrons. The molecular formula is C25H24N2O5. The number of benzene rings is 2. The Morgan fingerprint density at radius 1 is 1.09 bits per heavy atom. The van der Waals surface area contributed by atoms with Crippen molar-refractivity contribution in [2.75, 3.05) is 20.3 Å². The van der Waals surface area contributed by atoms with Gasteiger partial charge in [-0.15, -0.1) is 0 Å². The van der Waals surface area contributed by atoms with Crippen molar-refractivity contribution in [2.45, 2.75) is 25.7 Å². The Hall–Kier alpha value is -3.74. The zero-order valence-corrected chi connectivity index (χ0v) is 17.8. The Bertz CT molecular complexity index is 1370. The van der Waals surface area contributed by atoms with Gasteiger partial charge in [-0.25, -0.2) is 4.79 Å². The highest BCUT2D eigenvalue weighted by molar-refractivity contribution is 5.85. The summed E-state index contributed by atoms with van der Waals surface area (Å²) in [6.45, 7) is 0.382. The number of H-pyrrole nitrogens is 1. The van der Waals surface area contributed by atoms with E-state index in [-0.39, 0.29) is 18.1 Å². The van der Waals surface area contributed by atoms with Crippen molar-refractivity contribution in [1.29, 1.82) is 0 Å². The van der Waals surface area contributed by atoms with Crippen molar-refractivity contribution in [3.8, 4) is 11.5 Å². The lowest BCUT2D eigenvalue weighted by atomic mass is 10.1. The minimum Gasteiger partial charge on any atom is -0.497 e. The number of aryl methyl sites for hydroxylation is 1. The molecule has 2 aromatic heterocycles. The smallest absolute Gasteiger partial charge is 0.339 e. The highest BCUT2D eigenvalue weighted by Gasteiger charge is 2.19. The number of carbonyl (C=O) groups excluding carboxylic acids is 1. The number of hydrogen-bond donors (Lipinski definition) is 2. The number of rotatable bonds is 7. The van der Waals surface area contributed by atoms with E-state index in [0.717, 1.165) is 58.0 Å². The molecule has 7 nitrogen and oxygen atoms in total. The lowest BCUT2D eigenvalue weighted by Gasteiger charge is -2.09. The zero-order valence-electron chi connectivity index (χ0n) is 17.8. The molecule has 7 heteroatoms. The van der Waals surface area contributed by atoms with Gasteiger partial charge >= 0.3 is 5.63 Å². The number of fused-ring (bicyclic) bond motifs is 4. The lowest BCUT2D eigenvalue weighted by Crippen LogP contribution is -2.30. The van der Waals surface area contributed by atoms with Gasteiger partial charge in [-0.1, -0.05) is 0 Å². The van der Waals surface area contributed by atoms with Crippen LogP contribution in [0.4, 0.5) is 0 Å². The molecule has 1 aliphatic rings. The van der Waals surface area contributed by atoms with E-state index < -0.39 is 0 Å². The van der Waals surface area contributed by atoms with E-state index in [4.69, 9.17) is 13.9 Å². The van der Waals surface area contributed by atoms with Gasteiger partial charge in [0.15, 0.2) is 6.61 Å². The van der Waals surface area contributed by atoms with Crippen LogP contribution < -0.4 is 20.4 Å². The fourth-order valence-corrected chi connectivity index (χ4v) is 4.38. The molecule has 32 heavy (non-hydrogen) atoms. The van der Waals surface area contributed by atoms with Crippen LogP contribution in [0.5, 0.6) is 11.5 Å². The van der Waals surface area contributed by atoms with E-state index in [9.17, 15) is 9.59 Å². The van der Waals surface area contributed by atoms with Crippen molar-refractivity contribution in [1.82, 2.24) is 10.3 Å². The van der Waals surface area contributed by atoms with Gasteiger partial charge in [-0.3, -0.25) is 4.79 Å². The van der Waals surface area contributed by atoms with Crippen molar-refractivity contribution in [3.05, 3.63) is 69.7 Å². The van der Waals surface area contributed by atoms with Gasteiger partial charge in [-0.05, 0) is 67.1 Å². The van der Waals surface area contributed by atoms with Crippen LogP contribution in [0.2, 0.25) is 0 Å². The van der Waals surface area contributed by atoms with Crippen LogP contribution in [-0.4, -0.2) is 31.2 Å². The summed E-state index contributed by atoms with van der Waals surface area (Å²) in [4.78, 5) is 27.6. The first-order valence-corrected chi connectivity index (χ1v) is 10.7. The Morgan fingerprint density at radius 3 is 2.81 bits per heavy atom. The van der Waals surface area contributed by atoms with Gasteiger partial charge in [0.2, 0.25) is 0 Å². The van der Waals surface area contributed by atoms with Crippen molar-refractivity contribution < 1.29 is 18.7 Å². The number of aromatic nitrogens is 1. The van der Waals surface area contributed by atoms with Crippen LogP contribution in [0, 0.1) is 0 Å². The summed E-state index contributed by atoms with van der Waals surface area (Å²) < 4.78 is 16.4. The topological polar surface area (TPSA) is 93.6 Å². The molecule has 2 N–H and O–H groups in total. The summed E-state index contributed by atoms with van der Waals surface area (Å²) >= 11 is 0. The summed E-state index contributed by atoms with van der Waals surface area (Å²) in [5.41, 5.74) is 4.24. The van der Waals surface area contributed by atoms with Crippen molar-refractivity contribution in [3.63, 3.8) is 0 Å². The second-order valence-electron chi connectivity index (χ2n) is 7.97. The fourth-order valence-electron chi connectivity index (χ4n) is 4.38. The molecule has 5 rings (SSSR count). The van der Waals surface area contributed by atoms with E-state index in [1.807, 2.05) is 36.5 Å². The highest BCUT2D eigenvalue weighted by atomic mass is 16.5. The van der Waals surface area contributed by atoms with Crippen LogP contribution in [0.3, 0.4) is 0 Å². The van der Waals surface area contributed by atoms with Crippen molar-refractivity contribution in [2.24, 2.45) is 0 Å². The molecule has 0 radical (unpaired) electrons. The third-order valence-corrected chi connectivity index (χ3v) is 6.01. The maximum Gasteiger partial charge on any atom is 0.339 e. The fraction of sp³-hybridized carbons (Fsp3) is 0.280. The van der Waals surface area contributed by atoms with E-state index in [0.29, 0.717) is 24.3 Å². The van der Waals surface area contributed by atoms with E-state index in [1.54, 1.807) is 13.2 Å². The normalized spacial score (nSPS) is 12.8. The second kappa shape index (κ2) is 8.42. The third kappa shape index (κ3) is 3.82. The third-order valence-electron chi connectivity index (χ3n) is 6.01. The lowest BCUT2D eigenvalue weighted by molar-refractivity contribution is -0.123. The van der Waals surface area contributed by atoms with Gasteiger partial charge in [-0.2, -0.15) is 0 Å². The molecule has 0 aliphatic heterocycles.